The fourth-order valence-corrected chi connectivity index (χ4v) is 3.43. The number of piperidine rings is 1. The average molecular weight is 277 g/mol. The van der Waals surface area contributed by atoms with Gasteiger partial charge in [-0.15, -0.1) is 0 Å². The van der Waals surface area contributed by atoms with E-state index in [0.29, 0.717) is 0 Å². The first-order valence-corrected chi connectivity index (χ1v) is 7.47. The zero-order chi connectivity index (χ0) is 14.6. The van der Waals surface area contributed by atoms with E-state index < -0.39 is 0 Å². The van der Waals surface area contributed by atoms with Crippen molar-refractivity contribution in [1.29, 1.82) is 0 Å². The Labute approximate surface area is 122 Å². The Balaban J connectivity index is 2.19. The van der Waals surface area contributed by atoms with Crippen molar-refractivity contribution in [2.75, 3.05) is 26.8 Å². The highest BCUT2D eigenvalue weighted by Gasteiger charge is 2.44. The van der Waals surface area contributed by atoms with E-state index in [9.17, 15) is 5.11 Å². The van der Waals surface area contributed by atoms with Gasteiger partial charge in [-0.2, -0.15) is 0 Å². The Kier molecular flexibility index (Phi) is 4.71. The Morgan fingerprint density at radius 3 is 2.60 bits per heavy atom. The van der Waals surface area contributed by atoms with Gasteiger partial charge in [-0.05, 0) is 55.5 Å². The molecule has 0 bridgehead atoms. The Morgan fingerprint density at radius 2 is 2.00 bits per heavy atom. The third kappa shape index (κ3) is 2.99. The molecular weight excluding hydrogens is 250 g/mol. The smallest absolute Gasteiger partial charge is 0.119 e. The minimum absolute atomic E-state index is 0.0152. The van der Waals surface area contributed by atoms with Crippen LogP contribution in [0.3, 0.4) is 0 Å². The standard InChI is InChI=1S/C17H27NO2/c1-16(2,17(13-19)7-9-18-10-8-17)12-14-5-4-6-15(11-14)20-3/h4-6,11,18-19H,7-10,12-13H2,1-3H3. The van der Waals surface area contributed by atoms with Gasteiger partial charge in [-0.25, -0.2) is 0 Å². The van der Waals surface area contributed by atoms with Crippen molar-refractivity contribution in [2.24, 2.45) is 10.8 Å². The van der Waals surface area contributed by atoms with Crippen molar-refractivity contribution in [2.45, 2.75) is 33.1 Å². The number of rotatable bonds is 5. The van der Waals surface area contributed by atoms with Gasteiger partial charge in [-0.1, -0.05) is 26.0 Å². The maximum atomic E-state index is 10.0. The molecule has 20 heavy (non-hydrogen) atoms. The topological polar surface area (TPSA) is 41.5 Å². The largest absolute Gasteiger partial charge is 0.497 e. The molecule has 1 aliphatic rings. The fourth-order valence-electron chi connectivity index (χ4n) is 3.43. The maximum Gasteiger partial charge on any atom is 0.119 e. The highest BCUT2D eigenvalue weighted by Crippen LogP contribution is 2.47. The second-order valence-corrected chi connectivity index (χ2v) is 6.60. The van der Waals surface area contributed by atoms with Crippen LogP contribution >= 0.6 is 0 Å². The van der Waals surface area contributed by atoms with Crippen molar-refractivity contribution >= 4 is 0 Å². The predicted molar refractivity (Wildman–Crippen MR) is 82.1 cm³/mol. The molecule has 1 aromatic rings. The molecular formula is C17H27NO2. The van der Waals surface area contributed by atoms with E-state index in [1.165, 1.54) is 5.56 Å². The van der Waals surface area contributed by atoms with Crippen LogP contribution in [0.4, 0.5) is 0 Å². The zero-order valence-corrected chi connectivity index (χ0v) is 12.9. The molecule has 1 aromatic carbocycles. The Hall–Kier alpha value is -1.06. The lowest BCUT2D eigenvalue weighted by Gasteiger charge is -2.48. The molecule has 1 heterocycles. The van der Waals surface area contributed by atoms with Gasteiger partial charge in [0.25, 0.3) is 0 Å². The molecule has 0 saturated carbocycles. The summed E-state index contributed by atoms with van der Waals surface area (Å²) >= 11 is 0. The maximum absolute atomic E-state index is 10.0. The van der Waals surface area contributed by atoms with Crippen LogP contribution < -0.4 is 10.1 Å². The normalized spacial score (nSPS) is 18.8. The molecule has 0 amide bonds. The van der Waals surface area contributed by atoms with E-state index in [2.05, 4.69) is 31.3 Å². The van der Waals surface area contributed by atoms with Crippen LogP contribution in [-0.4, -0.2) is 31.9 Å². The summed E-state index contributed by atoms with van der Waals surface area (Å²) in [5.74, 6) is 0.904. The molecule has 0 unspecified atom stereocenters. The third-order valence-corrected chi connectivity index (χ3v) is 5.08. The number of aliphatic hydroxyl groups is 1. The van der Waals surface area contributed by atoms with Crippen LogP contribution in [0.25, 0.3) is 0 Å². The first-order chi connectivity index (χ1) is 9.53. The number of hydrogen-bond donors (Lipinski definition) is 2. The summed E-state index contributed by atoms with van der Waals surface area (Å²) in [6.07, 6.45) is 3.05. The second kappa shape index (κ2) is 6.15. The van der Waals surface area contributed by atoms with E-state index in [-0.39, 0.29) is 17.4 Å². The van der Waals surface area contributed by atoms with Gasteiger partial charge < -0.3 is 15.2 Å². The van der Waals surface area contributed by atoms with Crippen LogP contribution in [0.5, 0.6) is 5.75 Å². The lowest BCUT2D eigenvalue weighted by Crippen LogP contribution is -2.49. The van der Waals surface area contributed by atoms with Gasteiger partial charge >= 0.3 is 0 Å². The van der Waals surface area contributed by atoms with E-state index in [1.807, 2.05) is 12.1 Å². The van der Waals surface area contributed by atoms with Crippen molar-refractivity contribution in [3.05, 3.63) is 29.8 Å². The molecule has 1 saturated heterocycles. The van der Waals surface area contributed by atoms with Crippen LogP contribution in [0.15, 0.2) is 24.3 Å². The van der Waals surface area contributed by atoms with Crippen molar-refractivity contribution < 1.29 is 9.84 Å². The first kappa shape index (κ1) is 15.3. The highest BCUT2D eigenvalue weighted by molar-refractivity contribution is 5.29. The van der Waals surface area contributed by atoms with Crippen molar-refractivity contribution in [3.8, 4) is 5.75 Å². The van der Waals surface area contributed by atoms with Crippen LogP contribution in [-0.2, 0) is 6.42 Å². The number of ether oxygens (including phenoxy) is 1. The molecule has 3 heteroatoms. The van der Waals surface area contributed by atoms with Crippen molar-refractivity contribution in [1.82, 2.24) is 5.32 Å². The fraction of sp³-hybridized carbons (Fsp3) is 0.647. The van der Waals surface area contributed by atoms with E-state index >= 15 is 0 Å². The summed E-state index contributed by atoms with van der Waals surface area (Å²) in [5.41, 5.74) is 1.36. The monoisotopic (exact) mass is 277 g/mol. The molecule has 0 atom stereocenters. The lowest BCUT2D eigenvalue weighted by atomic mass is 9.59. The van der Waals surface area contributed by atoms with E-state index in [4.69, 9.17) is 4.74 Å². The van der Waals surface area contributed by atoms with Gasteiger partial charge in [0.1, 0.15) is 5.75 Å². The molecule has 0 radical (unpaired) electrons. The number of nitrogens with one attached hydrogen (secondary N) is 1. The van der Waals surface area contributed by atoms with Gasteiger partial charge in [-0.3, -0.25) is 0 Å². The number of hydrogen-bond acceptors (Lipinski definition) is 3. The Bertz CT molecular complexity index is 436. The Morgan fingerprint density at radius 1 is 1.30 bits per heavy atom. The molecule has 0 spiro atoms. The van der Waals surface area contributed by atoms with Crippen LogP contribution in [0, 0.1) is 10.8 Å². The molecule has 0 aromatic heterocycles. The average Bonchev–Trinajstić information content (AvgIpc) is 2.47. The van der Waals surface area contributed by atoms with Crippen LogP contribution in [0.2, 0.25) is 0 Å². The first-order valence-electron chi connectivity index (χ1n) is 7.47. The van der Waals surface area contributed by atoms with Gasteiger partial charge in [0, 0.05) is 12.0 Å². The van der Waals surface area contributed by atoms with Crippen LogP contribution in [0.1, 0.15) is 32.3 Å². The molecule has 1 fully saturated rings. The summed E-state index contributed by atoms with van der Waals surface area (Å²) in [4.78, 5) is 0. The molecule has 0 aliphatic carbocycles. The quantitative estimate of drug-likeness (QED) is 0.869. The van der Waals surface area contributed by atoms with Gasteiger partial charge in [0.2, 0.25) is 0 Å². The van der Waals surface area contributed by atoms with Gasteiger partial charge in [0.05, 0.1) is 7.11 Å². The SMILES string of the molecule is COc1cccc(CC(C)(C)C2(CO)CCNCC2)c1. The molecule has 3 nitrogen and oxygen atoms in total. The number of benzene rings is 1. The minimum Gasteiger partial charge on any atom is -0.497 e. The predicted octanol–water partition coefficient (Wildman–Crippen LogP) is 2.63. The summed E-state index contributed by atoms with van der Waals surface area (Å²) in [6.45, 7) is 6.85. The van der Waals surface area contributed by atoms with Crippen molar-refractivity contribution in [3.63, 3.8) is 0 Å². The summed E-state index contributed by atoms with van der Waals surface area (Å²) in [5, 5.41) is 13.4. The molecule has 112 valence electrons. The third-order valence-electron chi connectivity index (χ3n) is 5.08. The molecule has 2 N–H and O–H groups in total. The minimum atomic E-state index is 0.0152. The summed E-state index contributed by atoms with van der Waals surface area (Å²) in [7, 11) is 1.70. The van der Waals surface area contributed by atoms with E-state index in [1.54, 1.807) is 7.11 Å². The lowest BCUT2D eigenvalue weighted by molar-refractivity contribution is -0.0228. The summed E-state index contributed by atoms with van der Waals surface area (Å²) in [6, 6.07) is 8.27. The number of aliphatic hydroxyl groups excluding tert-OH is 1. The summed E-state index contributed by atoms with van der Waals surface area (Å²) < 4.78 is 5.31. The molecule has 2 rings (SSSR count). The highest BCUT2D eigenvalue weighted by atomic mass is 16.5. The number of methoxy groups -OCH3 is 1. The molecule has 1 aliphatic heterocycles. The second-order valence-electron chi connectivity index (χ2n) is 6.60. The van der Waals surface area contributed by atoms with Gasteiger partial charge in [0.15, 0.2) is 0 Å². The zero-order valence-electron chi connectivity index (χ0n) is 12.9. The van der Waals surface area contributed by atoms with E-state index in [0.717, 1.165) is 38.1 Å².